The number of hydrogen-bond acceptors (Lipinski definition) is 2. The lowest BCUT2D eigenvalue weighted by atomic mass is 9.91. The Morgan fingerprint density at radius 3 is 2.59 bits per heavy atom. The maximum absolute atomic E-state index is 13.2. The van der Waals surface area contributed by atoms with Gasteiger partial charge in [0, 0.05) is 24.3 Å². The lowest BCUT2D eigenvalue weighted by molar-refractivity contribution is -0.138. The molecule has 2 aromatic carbocycles. The number of nitrogen functional groups attached to an aromatic ring is 1. The molecular formula is C20H22ClF3N2O. The standard InChI is InChI=1S/C20H21F3N2O.ClH/c1-13(14-6-2-3-8-16(14)20(21,22)23)12-19(26)25-11-5-7-15-17(24)9-4-10-18(15)25;/h2-4,6,8-10,13H,5,7,11-12,24H2,1H3;1H. The highest BCUT2D eigenvalue weighted by atomic mass is 35.5. The van der Waals surface area contributed by atoms with Crippen molar-refractivity contribution in [3.63, 3.8) is 0 Å². The van der Waals surface area contributed by atoms with E-state index in [2.05, 4.69) is 0 Å². The number of anilines is 2. The third kappa shape index (κ3) is 4.38. The molecule has 0 aliphatic carbocycles. The number of amides is 1. The van der Waals surface area contributed by atoms with Crippen LogP contribution >= 0.6 is 12.4 Å². The van der Waals surface area contributed by atoms with Crippen molar-refractivity contribution in [1.29, 1.82) is 0 Å². The van der Waals surface area contributed by atoms with Crippen molar-refractivity contribution in [3.8, 4) is 0 Å². The third-order valence-corrected chi connectivity index (χ3v) is 4.87. The van der Waals surface area contributed by atoms with E-state index in [4.69, 9.17) is 5.73 Å². The van der Waals surface area contributed by atoms with Crippen LogP contribution in [0.15, 0.2) is 42.5 Å². The Kier molecular flexibility index (Phi) is 6.42. The minimum absolute atomic E-state index is 0. The monoisotopic (exact) mass is 398 g/mol. The van der Waals surface area contributed by atoms with Gasteiger partial charge in [0.1, 0.15) is 0 Å². The number of alkyl halides is 3. The van der Waals surface area contributed by atoms with Crippen molar-refractivity contribution in [2.24, 2.45) is 0 Å². The van der Waals surface area contributed by atoms with Gasteiger partial charge in [0.25, 0.3) is 0 Å². The van der Waals surface area contributed by atoms with Gasteiger partial charge in [-0.15, -0.1) is 12.4 Å². The molecule has 0 fully saturated rings. The van der Waals surface area contributed by atoms with Crippen LogP contribution in [0.1, 0.15) is 42.4 Å². The van der Waals surface area contributed by atoms with Gasteiger partial charge in [-0.1, -0.05) is 31.2 Å². The molecule has 2 aromatic rings. The highest BCUT2D eigenvalue weighted by Gasteiger charge is 2.35. The Bertz CT molecular complexity index is 823. The molecule has 0 aromatic heterocycles. The highest BCUT2D eigenvalue weighted by Crippen LogP contribution is 2.37. The van der Waals surface area contributed by atoms with Crippen LogP contribution in [0.5, 0.6) is 0 Å². The summed E-state index contributed by atoms with van der Waals surface area (Å²) in [4.78, 5) is 14.5. The third-order valence-electron chi connectivity index (χ3n) is 4.87. The minimum Gasteiger partial charge on any atom is -0.398 e. The largest absolute Gasteiger partial charge is 0.416 e. The van der Waals surface area contributed by atoms with Crippen LogP contribution in [-0.2, 0) is 17.4 Å². The van der Waals surface area contributed by atoms with Crippen LogP contribution in [0.25, 0.3) is 0 Å². The van der Waals surface area contributed by atoms with E-state index in [0.717, 1.165) is 30.2 Å². The average Bonchev–Trinajstić information content (AvgIpc) is 2.61. The van der Waals surface area contributed by atoms with E-state index >= 15 is 0 Å². The molecule has 1 atom stereocenters. The van der Waals surface area contributed by atoms with E-state index in [1.54, 1.807) is 30.0 Å². The molecule has 1 aliphatic rings. The number of halogens is 4. The fourth-order valence-electron chi connectivity index (χ4n) is 3.58. The van der Waals surface area contributed by atoms with Gasteiger partial charge in [-0.05, 0) is 48.1 Å². The maximum atomic E-state index is 13.2. The summed E-state index contributed by atoms with van der Waals surface area (Å²) in [6.45, 7) is 2.22. The summed E-state index contributed by atoms with van der Waals surface area (Å²) in [6.07, 6.45) is -2.82. The highest BCUT2D eigenvalue weighted by molar-refractivity contribution is 5.96. The van der Waals surface area contributed by atoms with Crippen molar-refractivity contribution < 1.29 is 18.0 Å². The second-order valence-electron chi connectivity index (χ2n) is 6.68. The fraction of sp³-hybridized carbons (Fsp3) is 0.350. The summed E-state index contributed by atoms with van der Waals surface area (Å²) in [5.74, 6) is -0.715. The molecule has 0 saturated heterocycles. The first-order valence-electron chi connectivity index (χ1n) is 8.63. The summed E-state index contributed by atoms with van der Waals surface area (Å²) in [6, 6.07) is 10.9. The van der Waals surface area contributed by atoms with Gasteiger partial charge in [0.2, 0.25) is 5.91 Å². The molecule has 1 aliphatic heterocycles. The number of rotatable bonds is 3. The first-order chi connectivity index (χ1) is 12.3. The molecule has 0 saturated carbocycles. The van der Waals surface area contributed by atoms with E-state index in [9.17, 15) is 18.0 Å². The zero-order chi connectivity index (χ0) is 18.9. The molecule has 1 amide bonds. The summed E-state index contributed by atoms with van der Waals surface area (Å²) in [7, 11) is 0. The molecule has 146 valence electrons. The second kappa shape index (κ2) is 8.21. The fourth-order valence-corrected chi connectivity index (χ4v) is 3.58. The van der Waals surface area contributed by atoms with Gasteiger partial charge >= 0.3 is 6.18 Å². The van der Waals surface area contributed by atoms with Crippen molar-refractivity contribution in [3.05, 3.63) is 59.2 Å². The van der Waals surface area contributed by atoms with Crippen LogP contribution in [0.4, 0.5) is 24.5 Å². The molecule has 0 bridgehead atoms. The molecule has 1 unspecified atom stereocenters. The van der Waals surface area contributed by atoms with E-state index in [1.165, 1.54) is 12.1 Å². The van der Waals surface area contributed by atoms with E-state index in [1.807, 2.05) is 6.07 Å². The normalized spacial score (nSPS) is 14.9. The Balaban J connectivity index is 0.00000261. The molecule has 0 radical (unpaired) electrons. The summed E-state index contributed by atoms with van der Waals surface area (Å²) < 4.78 is 39.7. The molecule has 2 N–H and O–H groups in total. The number of carbonyl (C=O) groups is 1. The van der Waals surface area contributed by atoms with Crippen molar-refractivity contribution >= 4 is 29.7 Å². The smallest absolute Gasteiger partial charge is 0.398 e. The van der Waals surface area contributed by atoms with Crippen molar-refractivity contribution in [2.75, 3.05) is 17.2 Å². The Hall–Kier alpha value is -2.21. The first kappa shape index (κ1) is 21.1. The topological polar surface area (TPSA) is 46.3 Å². The molecule has 3 nitrogen and oxygen atoms in total. The van der Waals surface area contributed by atoms with Crippen LogP contribution in [0.3, 0.4) is 0 Å². The Morgan fingerprint density at radius 1 is 1.19 bits per heavy atom. The summed E-state index contributed by atoms with van der Waals surface area (Å²) in [5.41, 5.74) is 7.84. The number of nitrogens with zero attached hydrogens (tertiary/aromatic N) is 1. The number of benzene rings is 2. The van der Waals surface area contributed by atoms with Gasteiger partial charge in [-0.3, -0.25) is 4.79 Å². The predicted molar refractivity (Wildman–Crippen MR) is 103 cm³/mol. The maximum Gasteiger partial charge on any atom is 0.416 e. The molecule has 3 rings (SSSR count). The molecular weight excluding hydrogens is 377 g/mol. The van der Waals surface area contributed by atoms with E-state index in [-0.39, 0.29) is 30.3 Å². The molecule has 0 spiro atoms. The minimum atomic E-state index is -4.43. The van der Waals surface area contributed by atoms with Crippen LogP contribution in [-0.4, -0.2) is 12.5 Å². The number of nitrogens with two attached hydrogens (primary N) is 1. The number of fused-ring (bicyclic) bond motifs is 1. The van der Waals surface area contributed by atoms with Crippen LogP contribution in [0.2, 0.25) is 0 Å². The van der Waals surface area contributed by atoms with Gasteiger partial charge in [0.15, 0.2) is 0 Å². The predicted octanol–water partition coefficient (Wildman–Crippen LogP) is 5.18. The lowest BCUT2D eigenvalue weighted by Gasteiger charge is -2.31. The van der Waals surface area contributed by atoms with Crippen LogP contribution < -0.4 is 10.6 Å². The second-order valence-corrected chi connectivity index (χ2v) is 6.68. The number of carbonyl (C=O) groups excluding carboxylic acids is 1. The number of hydrogen-bond donors (Lipinski definition) is 1. The van der Waals surface area contributed by atoms with E-state index in [0.29, 0.717) is 12.2 Å². The SMILES string of the molecule is CC(CC(=O)N1CCCc2c(N)cccc21)c1ccccc1C(F)(F)F.Cl. The van der Waals surface area contributed by atoms with Gasteiger partial charge in [-0.2, -0.15) is 13.2 Å². The first-order valence-corrected chi connectivity index (χ1v) is 8.63. The van der Waals surface area contributed by atoms with E-state index < -0.39 is 17.7 Å². The Labute approximate surface area is 162 Å². The van der Waals surface area contributed by atoms with Gasteiger partial charge in [0.05, 0.1) is 5.56 Å². The molecule has 27 heavy (non-hydrogen) atoms. The van der Waals surface area contributed by atoms with Crippen molar-refractivity contribution in [1.82, 2.24) is 0 Å². The summed E-state index contributed by atoms with van der Waals surface area (Å²) in [5, 5.41) is 0. The quantitative estimate of drug-likeness (QED) is 0.724. The zero-order valence-corrected chi connectivity index (χ0v) is 15.7. The Morgan fingerprint density at radius 2 is 1.89 bits per heavy atom. The summed E-state index contributed by atoms with van der Waals surface area (Å²) >= 11 is 0. The molecule has 1 heterocycles. The van der Waals surface area contributed by atoms with Gasteiger partial charge in [-0.25, -0.2) is 0 Å². The van der Waals surface area contributed by atoms with Crippen LogP contribution in [0, 0.1) is 0 Å². The zero-order valence-electron chi connectivity index (χ0n) is 14.9. The van der Waals surface area contributed by atoms with Gasteiger partial charge < -0.3 is 10.6 Å². The van der Waals surface area contributed by atoms with Crippen molar-refractivity contribution in [2.45, 2.75) is 38.3 Å². The average molecular weight is 399 g/mol. The molecule has 7 heteroatoms. The lowest BCUT2D eigenvalue weighted by Crippen LogP contribution is -2.36.